The molecule has 0 aromatic carbocycles. The minimum Gasteiger partial charge on any atom is -0.480 e. The van der Waals surface area contributed by atoms with E-state index in [9.17, 15) is 9.59 Å². The molecule has 88 valence electrons. The third kappa shape index (κ3) is 4.12. The van der Waals surface area contributed by atoms with Gasteiger partial charge in [-0.3, -0.25) is 14.3 Å². The predicted octanol–water partition coefficient (Wildman–Crippen LogP) is 0.253. The van der Waals surface area contributed by atoms with Crippen molar-refractivity contribution in [1.29, 1.82) is 0 Å². The first-order valence-electron chi connectivity index (χ1n) is 5.09. The third-order valence-corrected chi connectivity index (χ3v) is 2.10. The standard InChI is InChI=1S/C10H15N3O3/c1-8(10(15)16)12-9(14)4-2-6-13-7-3-5-11-13/h3,5,7-8H,2,4,6H2,1H3,(H,12,14)(H,15,16)/t8-/m1/s1. The number of carbonyl (C=O) groups is 2. The molecule has 16 heavy (non-hydrogen) atoms. The van der Waals surface area contributed by atoms with Gasteiger partial charge in [-0.15, -0.1) is 0 Å². The summed E-state index contributed by atoms with van der Waals surface area (Å²) >= 11 is 0. The number of carbonyl (C=O) groups excluding carboxylic acids is 1. The molecule has 1 amide bonds. The number of carboxylic acids is 1. The highest BCUT2D eigenvalue weighted by Crippen LogP contribution is 1.95. The first-order valence-corrected chi connectivity index (χ1v) is 5.09. The maximum Gasteiger partial charge on any atom is 0.325 e. The van der Waals surface area contributed by atoms with Crippen molar-refractivity contribution >= 4 is 11.9 Å². The zero-order valence-corrected chi connectivity index (χ0v) is 9.09. The molecule has 6 nitrogen and oxygen atoms in total. The number of rotatable bonds is 6. The van der Waals surface area contributed by atoms with Gasteiger partial charge in [0, 0.05) is 25.4 Å². The number of amides is 1. The summed E-state index contributed by atoms with van der Waals surface area (Å²) in [4.78, 5) is 21.7. The minimum atomic E-state index is -1.03. The topological polar surface area (TPSA) is 84.2 Å². The van der Waals surface area contributed by atoms with E-state index in [1.54, 1.807) is 10.9 Å². The summed E-state index contributed by atoms with van der Waals surface area (Å²) in [5, 5.41) is 15.0. The summed E-state index contributed by atoms with van der Waals surface area (Å²) in [6.45, 7) is 2.09. The van der Waals surface area contributed by atoms with Crippen molar-refractivity contribution in [2.24, 2.45) is 0 Å². The average Bonchev–Trinajstić information content (AvgIpc) is 2.70. The van der Waals surface area contributed by atoms with Crippen LogP contribution in [-0.4, -0.2) is 32.8 Å². The maximum atomic E-state index is 11.3. The van der Waals surface area contributed by atoms with Gasteiger partial charge in [0.1, 0.15) is 6.04 Å². The molecular weight excluding hydrogens is 210 g/mol. The lowest BCUT2D eigenvalue weighted by Crippen LogP contribution is -2.38. The molecule has 1 aromatic heterocycles. The highest BCUT2D eigenvalue weighted by molar-refractivity contribution is 5.83. The first kappa shape index (κ1) is 12.2. The second-order valence-corrected chi connectivity index (χ2v) is 3.50. The Labute approximate surface area is 93.3 Å². The van der Waals surface area contributed by atoms with Gasteiger partial charge >= 0.3 is 5.97 Å². The van der Waals surface area contributed by atoms with Gasteiger partial charge in [-0.05, 0) is 19.4 Å². The van der Waals surface area contributed by atoms with Crippen LogP contribution in [0.25, 0.3) is 0 Å². The van der Waals surface area contributed by atoms with E-state index in [4.69, 9.17) is 5.11 Å². The molecule has 1 aromatic rings. The van der Waals surface area contributed by atoms with Gasteiger partial charge in [-0.1, -0.05) is 0 Å². The lowest BCUT2D eigenvalue weighted by atomic mass is 10.2. The monoisotopic (exact) mass is 225 g/mol. The fraction of sp³-hybridized carbons (Fsp3) is 0.500. The van der Waals surface area contributed by atoms with Crippen LogP contribution in [0.3, 0.4) is 0 Å². The molecule has 0 radical (unpaired) electrons. The van der Waals surface area contributed by atoms with E-state index in [0.717, 1.165) is 0 Å². The van der Waals surface area contributed by atoms with Crippen LogP contribution < -0.4 is 5.32 Å². The van der Waals surface area contributed by atoms with Crippen LogP contribution in [0, 0.1) is 0 Å². The molecule has 0 aliphatic rings. The van der Waals surface area contributed by atoms with Crippen molar-refractivity contribution in [2.45, 2.75) is 32.4 Å². The van der Waals surface area contributed by atoms with Crippen LogP contribution in [-0.2, 0) is 16.1 Å². The lowest BCUT2D eigenvalue weighted by Gasteiger charge is -2.08. The first-order chi connectivity index (χ1) is 7.59. The maximum absolute atomic E-state index is 11.3. The lowest BCUT2D eigenvalue weighted by molar-refractivity contribution is -0.141. The minimum absolute atomic E-state index is 0.248. The molecular formula is C10H15N3O3. The number of carboxylic acid groups (broad SMARTS) is 1. The number of nitrogens with zero attached hydrogens (tertiary/aromatic N) is 2. The largest absolute Gasteiger partial charge is 0.480 e. The summed E-state index contributed by atoms with van der Waals surface area (Å²) in [5.74, 6) is -1.28. The van der Waals surface area contributed by atoms with Gasteiger partial charge in [-0.25, -0.2) is 0 Å². The number of nitrogens with one attached hydrogen (secondary N) is 1. The van der Waals surface area contributed by atoms with Crippen LogP contribution in [0.2, 0.25) is 0 Å². The van der Waals surface area contributed by atoms with E-state index in [1.807, 2.05) is 12.3 Å². The van der Waals surface area contributed by atoms with E-state index in [2.05, 4.69) is 10.4 Å². The SMILES string of the molecule is C[C@@H](NC(=O)CCCn1cccn1)C(=O)O. The molecule has 0 bridgehead atoms. The summed E-state index contributed by atoms with van der Waals surface area (Å²) in [7, 11) is 0. The highest BCUT2D eigenvalue weighted by atomic mass is 16.4. The second kappa shape index (κ2) is 5.89. The van der Waals surface area contributed by atoms with Gasteiger partial charge in [0.05, 0.1) is 0 Å². The Balaban J connectivity index is 2.18. The Morgan fingerprint density at radius 2 is 2.31 bits per heavy atom. The number of hydrogen-bond acceptors (Lipinski definition) is 3. The summed E-state index contributed by atoms with van der Waals surface area (Å²) in [6, 6.07) is 0.976. The highest BCUT2D eigenvalue weighted by Gasteiger charge is 2.13. The van der Waals surface area contributed by atoms with E-state index in [0.29, 0.717) is 19.4 Å². The predicted molar refractivity (Wildman–Crippen MR) is 56.7 cm³/mol. The molecule has 0 saturated carbocycles. The van der Waals surface area contributed by atoms with E-state index < -0.39 is 12.0 Å². The molecule has 1 heterocycles. The van der Waals surface area contributed by atoms with E-state index >= 15 is 0 Å². The van der Waals surface area contributed by atoms with E-state index in [1.165, 1.54) is 6.92 Å². The molecule has 0 unspecified atom stereocenters. The Hall–Kier alpha value is -1.85. The Bertz CT molecular complexity index is 348. The Morgan fingerprint density at radius 3 is 2.88 bits per heavy atom. The molecule has 0 spiro atoms. The van der Waals surface area contributed by atoms with Crippen molar-refractivity contribution in [3.05, 3.63) is 18.5 Å². The number of aromatic nitrogens is 2. The summed E-state index contributed by atoms with van der Waals surface area (Å²) in [5.41, 5.74) is 0. The smallest absolute Gasteiger partial charge is 0.325 e. The second-order valence-electron chi connectivity index (χ2n) is 3.50. The summed E-state index contributed by atoms with van der Waals surface area (Å²) < 4.78 is 1.73. The molecule has 2 N–H and O–H groups in total. The number of hydrogen-bond donors (Lipinski definition) is 2. The van der Waals surface area contributed by atoms with Crippen molar-refractivity contribution < 1.29 is 14.7 Å². The van der Waals surface area contributed by atoms with Crippen molar-refractivity contribution in [3.8, 4) is 0 Å². The van der Waals surface area contributed by atoms with Gasteiger partial charge in [0.25, 0.3) is 0 Å². The van der Waals surface area contributed by atoms with Gasteiger partial charge in [0.2, 0.25) is 5.91 Å². The van der Waals surface area contributed by atoms with Gasteiger partial charge in [0.15, 0.2) is 0 Å². The molecule has 1 rings (SSSR count). The number of aryl methyl sites for hydroxylation is 1. The molecule has 0 aliphatic heterocycles. The normalized spacial score (nSPS) is 12.1. The molecule has 6 heteroatoms. The molecule has 1 atom stereocenters. The fourth-order valence-corrected chi connectivity index (χ4v) is 1.21. The van der Waals surface area contributed by atoms with Crippen molar-refractivity contribution in [3.63, 3.8) is 0 Å². The quantitative estimate of drug-likeness (QED) is 0.727. The Morgan fingerprint density at radius 1 is 1.56 bits per heavy atom. The number of aliphatic carboxylic acids is 1. The zero-order valence-electron chi connectivity index (χ0n) is 9.09. The third-order valence-electron chi connectivity index (χ3n) is 2.10. The molecule has 0 aliphatic carbocycles. The van der Waals surface area contributed by atoms with Crippen molar-refractivity contribution in [2.75, 3.05) is 0 Å². The molecule has 0 saturated heterocycles. The van der Waals surface area contributed by atoms with Gasteiger partial charge in [-0.2, -0.15) is 5.10 Å². The van der Waals surface area contributed by atoms with Crippen LogP contribution >= 0.6 is 0 Å². The summed E-state index contributed by atoms with van der Waals surface area (Å²) in [6.07, 6.45) is 4.43. The Kier molecular flexibility index (Phi) is 4.50. The van der Waals surface area contributed by atoms with Crippen LogP contribution in [0.15, 0.2) is 18.5 Å². The molecule has 0 fully saturated rings. The van der Waals surface area contributed by atoms with E-state index in [-0.39, 0.29) is 5.91 Å². The van der Waals surface area contributed by atoms with Crippen molar-refractivity contribution in [1.82, 2.24) is 15.1 Å². The zero-order chi connectivity index (χ0) is 12.0. The van der Waals surface area contributed by atoms with Crippen LogP contribution in [0.1, 0.15) is 19.8 Å². The average molecular weight is 225 g/mol. The van der Waals surface area contributed by atoms with Crippen LogP contribution in [0.5, 0.6) is 0 Å². The van der Waals surface area contributed by atoms with Crippen LogP contribution in [0.4, 0.5) is 0 Å². The fourth-order valence-electron chi connectivity index (χ4n) is 1.21. The van der Waals surface area contributed by atoms with Gasteiger partial charge < -0.3 is 10.4 Å².